The molecule has 2 rings (SSSR count). The van der Waals surface area contributed by atoms with E-state index < -0.39 is 5.41 Å². The summed E-state index contributed by atoms with van der Waals surface area (Å²) in [4.78, 5) is 16.0. The Morgan fingerprint density at radius 3 is 2.17 bits per heavy atom. The maximum Gasteiger partial charge on any atom is 0.229 e. The quantitative estimate of drug-likeness (QED) is 0.912. The Morgan fingerprint density at radius 1 is 1.11 bits per heavy atom. The highest BCUT2D eigenvalue weighted by Crippen LogP contribution is 2.37. The Balaban J connectivity index is 0. The molecule has 104 valence electrons. The maximum atomic E-state index is 11.7. The molecule has 0 saturated heterocycles. The molecular weight excluding hydrogens is 295 g/mol. The molecule has 1 aromatic heterocycles. The highest BCUT2D eigenvalue weighted by molar-refractivity contribution is 5.86. The minimum atomic E-state index is -0.500. The SMILES string of the molecule is Cl.Cl.Cl.NC(=O)C1(c2ccccn2)CCCCC1. The molecule has 1 heterocycles. The smallest absolute Gasteiger partial charge is 0.229 e. The number of aromatic nitrogens is 1. The van der Waals surface area contributed by atoms with Crippen LogP contribution in [0.4, 0.5) is 0 Å². The number of pyridine rings is 1. The molecule has 3 nitrogen and oxygen atoms in total. The number of nitrogens with two attached hydrogens (primary N) is 1. The van der Waals surface area contributed by atoms with Gasteiger partial charge in [-0.05, 0) is 25.0 Å². The van der Waals surface area contributed by atoms with Gasteiger partial charge in [0.2, 0.25) is 5.91 Å². The van der Waals surface area contributed by atoms with Gasteiger partial charge in [-0.2, -0.15) is 0 Å². The fraction of sp³-hybridized carbons (Fsp3) is 0.500. The first kappa shape index (κ1) is 19.8. The van der Waals surface area contributed by atoms with Crippen molar-refractivity contribution in [2.75, 3.05) is 0 Å². The van der Waals surface area contributed by atoms with Crippen molar-refractivity contribution >= 4 is 43.1 Å². The minimum absolute atomic E-state index is 0. The number of amides is 1. The van der Waals surface area contributed by atoms with E-state index in [1.54, 1.807) is 6.20 Å². The molecule has 1 saturated carbocycles. The van der Waals surface area contributed by atoms with E-state index in [9.17, 15) is 4.79 Å². The van der Waals surface area contributed by atoms with Gasteiger partial charge in [0, 0.05) is 6.20 Å². The van der Waals surface area contributed by atoms with Crippen molar-refractivity contribution in [1.82, 2.24) is 4.98 Å². The summed E-state index contributed by atoms with van der Waals surface area (Å²) in [7, 11) is 0. The largest absolute Gasteiger partial charge is 0.369 e. The highest BCUT2D eigenvalue weighted by Gasteiger charge is 2.40. The molecule has 0 unspecified atom stereocenters. The maximum absolute atomic E-state index is 11.7. The van der Waals surface area contributed by atoms with Crippen molar-refractivity contribution < 1.29 is 4.79 Å². The molecule has 0 spiro atoms. The predicted octanol–water partition coefficient (Wildman–Crippen LogP) is 3.03. The monoisotopic (exact) mass is 312 g/mol. The molecule has 1 aliphatic rings. The number of primary amides is 1. The minimum Gasteiger partial charge on any atom is -0.369 e. The fourth-order valence-electron chi connectivity index (χ4n) is 2.43. The molecule has 1 aromatic rings. The van der Waals surface area contributed by atoms with Crippen molar-refractivity contribution in [3.05, 3.63) is 30.1 Å². The summed E-state index contributed by atoms with van der Waals surface area (Å²) in [6.45, 7) is 0. The summed E-state index contributed by atoms with van der Waals surface area (Å²) >= 11 is 0. The Bertz CT molecular complexity index is 354. The second kappa shape index (κ2) is 8.57. The summed E-state index contributed by atoms with van der Waals surface area (Å²) < 4.78 is 0. The predicted molar refractivity (Wildman–Crippen MR) is 79.9 cm³/mol. The normalized spacial score (nSPS) is 16.4. The van der Waals surface area contributed by atoms with Gasteiger partial charge < -0.3 is 5.73 Å². The Hall–Kier alpha value is -0.510. The molecule has 1 amide bonds. The number of nitrogens with zero attached hydrogens (tertiary/aromatic N) is 1. The van der Waals surface area contributed by atoms with Gasteiger partial charge in [-0.25, -0.2) is 0 Å². The topological polar surface area (TPSA) is 56.0 Å². The zero-order chi connectivity index (χ0) is 10.7. The van der Waals surface area contributed by atoms with Crippen molar-refractivity contribution in [2.45, 2.75) is 37.5 Å². The van der Waals surface area contributed by atoms with E-state index in [4.69, 9.17) is 5.73 Å². The molecule has 0 radical (unpaired) electrons. The summed E-state index contributed by atoms with van der Waals surface area (Å²) in [6, 6.07) is 5.69. The molecule has 6 heteroatoms. The molecule has 1 aliphatic carbocycles. The van der Waals surface area contributed by atoms with Crippen molar-refractivity contribution in [3.8, 4) is 0 Å². The fourth-order valence-corrected chi connectivity index (χ4v) is 2.43. The molecule has 1 fully saturated rings. The lowest BCUT2D eigenvalue weighted by atomic mass is 9.71. The average Bonchev–Trinajstić information content (AvgIpc) is 2.31. The van der Waals surface area contributed by atoms with Crippen LogP contribution in [0, 0.1) is 0 Å². The van der Waals surface area contributed by atoms with Crippen LogP contribution in [-0.4, -0.2) is 10.9 Å². The number of rotatable bonds is 2. The summed E-state index contributed by atoms with van der Waals surface area (Å²) in [5.74, 6) is -0.221. The molecule has 0 atom stereocenters. The molecule has 0 aromatic carbocycles. The van der Waals surface area contributed by atoms with E-state index in [0.717, 1.165) is 31.4 Å². The lowest BCUT2D eigenvalue weighted by molar-refractivity contribution is -0.124. The third-order valence-corrected chi connectivity index (χ3v) is 3.33. The Kier molecular flexibility index (Phi) is 9.43. The van der Waals surface area contributed by atoms with Crippen molar-refractivity contribution in [1.29, 1.82) is 0 Å². The molecular formula is C12H19Cl3N2O. The lowest BCUT2D eigenvalue weighted by Crippen LogP contribution is -2.43. The number of halogens is 3. The van der Waals surface area contributed by atoms with Gasteiger partial charge in [-0.3, -0.25) is 9.78 Å². The van der Waals surface area contributed by atoms with Crippen molar-refractivity contribution in [2.24, 2.45) is 5.73 Å². The van der Waals surface area contributed by atoms with Crippen LogP contribution in [0.2, 0.25) is 0 Å². The molecule has 0 bridgehead atoms. The van der Waals surface area contributed by atoms with Gasteiger partial charge in [0.05, 0.1) is 11.1 Å². The van der Waals surface area contributed by atoms with Crippen LogP contribution in [0.3, 0.4) is 0 Å². The van der Waals surface area contributed by atoms with E-state index >= 15 is 0 Å². The zero-order valence-corrected chi connectivity index (χ0v) is 12.5. The highest BCUT2D eigenvalue weighted by atomic mass is 35.5. The van der Waals surface area contributed by atoms with Gasteiger partial charge in [0.15, 0.2) is 0 Å². The number of hydrogen-bond acceptors (Lipinski definition) is 2. The Labute approximate surface area is 126 Å². The van der Waals surface area contributed by atoms with Crippen LogP contribution in [0.25, 0.3) is 0 Å². The lowest BCUT2D eigenvalue weighted by Gasteiger charge is -2.33. The summed E-state index contributed by atoms with van der Waals surface area (Å²) in [5, 5.41) is 0. The molecule has 18 heavy (non-hydrogen) atoms. The standard InChI is InChI=1S/C12H16N2O.3ClH/c13-11(15)12(7-3-1-4-8-12)10-6-2-5-9-14-10;;;/h2,5-6,9H,1,3-4,7-8H2,(H2,13,15);3*1H. The molecule has 2 N–H and O–H groups in total. The first-order valence-electron chi connectivity index (χ1n) is 5.47. The second-order valence-corrected chi connectivity index (χ2v) is 4.22. The van der Waals surface area contributed by atoms with Gasteiger partial charge >= 0.3 is 0 Å². The van der Waals surface area contributed by atoms with E-state index in [-0.39, 0.29) is 43.1 Å². The first-order valence-corrected chi connectivity index (χ1v) is 5.47. The van der Waals surface area contributed by atoms with E-state index in [2.05, 4.69) is 4.98 Å². The van der Waals surface area contributed by atoms with E-state index in [1.807, 2.05) is 18.2 Å². The Morgan fingerprint density at radius 2 is 1.72 bits per heavy atom. The van der Waals surface area contributed by atoms with Crippen LogP contribution < -0.4 is 5.73 Å². The van der Waals surface area contributed by atoms with Gasteiger partial charge in [-0.15, -0.1) is 37.2 Å². The second-order valence-electron chi connectivity index (χ2n) is 4.22. The number of carbonyl (C=O) groups is 1. The molecule has 0 aliphatic heterocycles. The van der Waals surface area contributed by atoms with E-state index in [0.29, 0.717) is 0 Å². The van der Waals surface area contributed by atoms with Crippen LogP contribution in [0.15, 0.2) is 24.4 Å². The van der Waals surface area contributed by atoms with Gasteiger partial charge in [0.25, 0.3) is 0 Å². The summed E-state index contributed by atoms with van der Waals surface area (Å²) in [6.07, 6.45) is 6.76. The van der Waals surface area contributed by atoms with Gasteiger partial charge in [-0.1, -0.05) is 25.3 Å². The number of carbonyl (C=O) groups excluding carboxylic acids is 1. The van der Waals surface area contributed by atoms with Crippen LogP contribution in [-0.2, 0) is 10.2 Å². The zero-order valence-electron chi connectivity index (χ0n) is 10.0. The van der Waals surface area contributed by atoms with Crippen LogP contribution in [0.1, 0.15) is 37.8 Å². The third-order valence-electron chi connectivity index (χ3n) is 3.33. The number of hydrogen-bond donors (Lipinski definition) is 1. The van der Waals surface area contributed by atoms with Crippen LogP contribution in [0.5, 0.6) is 0 Å². The van der Waals surface area contributed by atoms with Gasteiger partial charge in [0.1, 0.15) is 0 Å². The van der Waals surface area contributed by atoms with E-state index in [1.165, 1.54) is 6.42 Å². The van der Waals surface area contributed by atoms with Crippen molar-refractivity contribution in [3.63, 3.8) is 0 Å². The average molecular weight is 314 g/mol. The van der Waals surface area contributed by atoms with Crippen LogP contribution >= 0.6 is 37.2 Å². The first-order chi connectivity index (χ1) is 7.26. The third kappa shape index (κ3) is 3.74. The summed E-state index contributed by atoms with van der Waals surface area (Å²) in [5.41, 5.74) is 5.90.